The molecule has 7 nitrogen and oxygen atoms in total. The highest BCUT2D eigenvalue weighted by Gasteiger charge is 2.23. The monoisotopic (exact) mass is 310 g/mol. The van der Waals surface area contributed by atoms with Crippen molar-refractivity contribution in [3.05, 3.63) is 30.5 Å². The third-order valence-electron chi connectivity index (χ3n) is 4.27. The van der Waals surface area contributed by atoms with Gasteiger partial charge in [0.1, 0.15) is 5.82 Å². The molecule has 1 aliphatic rings. The topological polar surface area (TPSA) is 113 Å². The Kier molecular flexibility index (Phi) is 3.34. The van der Waals surface area contributed by atoms with Crippen LogP contribution < -0.4 is 11.1 Å². The number of rotatable bonds is 3. The van der Waals surface area contributed by atoms with Crippen molar-refractivity contribution in [3.8, 4) is 11.3 Å². The molecule has 23 heavy (non-hydrogen) atoms. The Morgan fingerprint density at radius 1 is 1.22 bits per heavy atom. The second-order valence-corrected chi connectivity index (χ2v) is 5.94. The van der Waals surface area contributed by atoms with Crippen LogP contribution in [0.5, 0.6) is 0 Å². The number of nitrogens with zero attached hydrogens (tertiary/aromatic N) is 3. The van der Waals surface area contributed by atoms with Gasteiger partial charge in [-0.15, -0.1) is 0 Å². The number of aliphatic hydroxyl groups is 1. The van der Waals surface area contributed by atoms with E-state index < -0.39 is 0 Å². The molecule has 1 fully saturated rings. The first-order chi connectivity index (χ1) is 11.2. The predicted molar refractivity (Wildman–Crippen MR) is 88.8 cm³/mol. The first-order valence-electron chi connectivity index (χ1n) is 7.70. The molecule has 1 aliphatic carbocycles. The fourth-order valence-corrected chi connectivity index (χ4v) is 3.12. The van der Waals surface area contributed by atoms with Crippen molar-refractivity contribution in [2.45, 2.75) is 31.4 Å². The number of hydrogen-bond donors (Lipinski definition) is 4. The van der Waals surface area contributed by atoms with Crippen LogP contribution in [-0.2, 0) is 0 Å². The highest BCUT2D eigenvalue weighted by Crippen LogP contribution is 2.29. The number of benzene rings is 1. The number of fused-ring (bicyclic) bond motifs is 1. The largest absolute Gasteiger partial charge is 0.393 e. The zero-order chi connectivity index (χ0) is 15.8. The molecule has 4 rings (SSSR count). The average molecular weight is 310 g/mol. The summed E-state index contributed by atoms with van der Waals surface area (Å²) in [5, 5.41) is 20.9. The fourth-order valence-electron chi connectivity index (χ4n) is 3.12. The van der Waals surface area contributed by atoms with E-state index in [1.165, 1.54) is 0 Å². The molecule has 118 valence electrons. The van der Waals surface area contributed by atoms with E-state index in [9.17, 15) is 5.11 Å². The van der Waals surface area contributed by atoms with Gasteiger partial charge in [-0.1, -0.05) is 6.07 Å². The number of aromatic nitrogens is 4. The van der Waals surface area contributed by atoms with E-state index in [0.29, 0.717) is 0 Å². The lowest BCUT2D eigenvalue weighted by Gasteiger charge is -2.15. The summed E-state index contributed by atoms with van der Waals surface area (Å²) in [6.07, 6.45) is 3.97. The molecule has 7 heteroatoms. The summed E-state index contributed by atoms with van der Waals surface area (Å²) in [5.41, 5.74) is 8.57. The Bertz CT molecular complexity index is 832. The average Bonchev–Trinajstić information content (AvgIpc) is 3.18. The van der Waals surface area contributed by atoms with Crippen molar-refractivity contribution < 1.29 is 5.11 Å². The Balaban J connectivity index is 1.73. The van der Waals surface area contributed by atoms with Crippen LogP contribution >= 0.6 is 0 Å². The van der Waals surface area contributed by atoms with E-state index in [-0.39, 0.29) is 18.1 Å². The summed E-state index contributed by atoms with van der Waals surface area (Å²) in [6.45, 7) is 0. The van der Waals surface area contributed by atoms with E-state index in [1.54, 1.807) is 6.20 Å². The van der Waals surface area contributed by atoms with Gasteiger partial charge < -0.3 is 16.2 Å². The van der Waals surface area contributed by atoms with Gasteiger partial charge in [-0.2, -0.15) is 10.1 Å². The van der Waals surface area contributed by atoms with Crippen LogP contribution in [0.25, 0.3) is 22.2 Å². The van der Waals surface area contributed by atoms with Gasteiger partial charge in [-0.25, -0.2) is 4.98 Å². The number of aliphatic hydroxyl groups excluding tert-OH is 1. The van der Waals surface area contributed by atoms with Crippen molar-refractivity contribution in [2.24, 2.45) is 0 Å². The van der Waals surface area contributed by atoms with Crippen molar-refractivity contribution in [1.29, 1.82) is 0 Å². The van der Waals surface area contributed by atoms with Crippen molar-refractivity contribution in [3.63, 3.8) is 0 Å². The third-order valence-corrected chi connectivity index (χ3v) is 4.27. The molecule has 0 amide bonds. The molecule has 0 bridgehead atoms. The van der Waals surface area contributed by atoms with Gasteiger partial charge in [0.2, 0.25) is 5.95 Å². The van der Waals surface area contributed by atoms with Gasteiger partial charge in [-0.3, -0.25) is 5.10 Å². The summed E-state index contributed by atoms with van der Waals surface area (Å²) in [7, 11) is 0. The molecule has 2 atom stereocenters. The van der Waals surface area contributed by atoms with Crippen LogP contribution in [0, 0.1) is 0 Å². The minimum atomic E-state index is -0.232. The zero-order valence-electron chi connectivity index (χ0n) is 12.5. The van der Waals surface area contributed by atoms with E-state index >= 15 is 0 Å². The minimum Gasteiger partial charge on any atom is -0.393 e. The van der Waals surface area contributed by atoms with E-state index in [2.05, 4.69) is 25.5 Å². The molecule has 1 aromatic carbocycles. The Hall–Kier alpha value is -2.67. The van der Waals surface area contributed by atoms with Crippen molar-refractivity contribution in [1.82, 2.24) is 20.2 Å². The normalized spacial score (nSPS) is 20.9. The van der Waals surface area contributed by atoms with Crippen LogP contribution in [0.1, 0.15) is 19.3 Å². The number of nitrogens with one attached hydrogen (secondary N) is 2. The van der Waals surface area contributed by atoms with Crippen LogP contribution in [0.15, 0.2) is 30.5 Å². The van der Waals surface area contributed by atoms with Gasteiger partial charge in [0, 0.05) is 23.2 Å². The summed E-state index contributed by atoms with van der Waals surface area (Å²) in [5.74, 6) is 0.961. The summed E-state index contributed by atoms with van der Waals surface area (Å²) >= 11 is 0. The van der Waals surface area contributed by atoms with Crippen LogP contribution in [0.2, 0.25) is 0 Å². The fraction of sp³-hybridized carbons (Fsp3) is 0.312. The molecule has 2 heterocycles. The Labute approximate surface area is 133 Å². The second-order valence-electron chi connectivity index (χ2n) is 5.94. The van der Waals surface area contributed by atoms with E-state index in [1.807, 2.05) is 24.3 Å². The highest BCUT2D eigenvalue weighted by molar-refractivity contribution is 5.92. The number of anilines is 2. The molecule has 5 N–H and O–H groups in total. The van der Waals surface area contributed by atoms with Crippen molar-refractivity contribution >= 4 is 22.7 Å². The molecule has 0 radical (unpaired) electrons. The summed E-state index contributed by atoms with van der Waals surface area (Å²) in [4.78, 5) is 8.68. The lowest BCUT2D eigenvalue weighted by Crippen LogP contribution is -2.18. The highest BCUT2D eigenvalue weighted by atomic mass is 16.3. The molecule has 0 unspecified atom stereocenters. The number of hydrogen-bond acceptors (Lipinski definition) is 6. The molecule has 3 aromatic rings. The smallest absolute Gasteiger partial charge is 0.222 e. The number of aromatic amines is 1. The maximum atomic E-state index is 9.68. The van der Waals surface area contributed by atoms with Gasteiger partial charge in [0.25, 0.3) is 0 Å². The quantitative estimate of drug-likeness (QED) is 0.588. The summed E-state index contributed by atoms with van der Waals surface area (Å²) in [6, 6.07) is 8.08. The predicted octanol–water partition coefficient (Wildman–Crippen LogP) is 1.93. The maximum Gasteiger partial charge on any atom is 0.222 e. The van der Waals surface area contributed by atoms with Crippen molar-refractivity contribution in [2.75, 3.05) is 11.1 Å². The zero-order valence-corrected chi connectivity index (χ0v) is 12.5. The standard InChI is InChI=1S/C16H18N6O/c17-16-20-14-7-9(13-5-6-18-22-13)1-4-12(14)15(21-16)19-10-2-3-11(23)8-10/h1,4-7,10-11,23H,2-3,8H2,(H,18,22)(H3,17,19,20,21)/t10-,11-/m0/s1. The van der Waals surface area contributed by atoms with Gasteiger partial charge in [0.15, 0.2) is 0 Å². The first kappa shape index (κ1) is 14.0. The maximum absolute atomic E-state index is 9.68. The van der Waals surface area contributed by atoms with Crippen LogP contribution in [0.4, 0.5) is 11.8 Å². The second kappa shape index (κ2) is 5.51. The van der Waals surface area contributed by atoms with Gasteiger partial charge in [-0.05, 0) is 37.5 Å². The molecule has 2 aromatic heterocycles. The molecular weight excluding hydrogens is 292 g/mol. The van der Waals surface area contributed by atoms with E-state index in [0.717, 1.165) is 47.2 Å². The van der Waals surface area contributed by atoms with Crippen LogP contribution in [-0.4, -0.2) is 37.4 Å². The minimum absolute atomic E-state index is 0.217. The lowest BCUT2D eigenvalue weighted by atomic mass is 10.1. The molecule has 0 saturated heterocycles. The van der Waals surface area contributed by atoms with Gasteiger partial charge in [0.05, 0.1) is 17.3 Å². The molecular formula is C16H18N6O. The Morgan fingerprint density at radius 2 is 2.13 bits per heavy atom. The number of nitrogen functional groups attached to an aromatic ring is 1. The summed E-state index contributed by atoms with van der Waals surface area (Å²) < 4.78 is 0. The third kappa shape index (κ3) is 2.70. The van der Waals surface area contributed by atoms with Crippen LogP contribution in [0.3, 0.4) is 0 Å². The molecule has 0 aliphatic heterocycles. The number of nitrogens with two attached hydrogens (primary N) is 1. The first-order valence-corrected chi connectivity index (χ1v) is 7.70. The Morgan fingerprint density at radius 3 is 2.87 bits per heavy atom. The van der Waals surface area contributed by atoms with E-state index in [4.69, 9.17) is 5.73 Å². The number of H-pyrrole nitrogens is 1. The molecule has 0 spiro atoms. The lowest BCUT2D eigenvalue weighted by molar-refractivity contribution is 0.182. The molecule has 1 saturated carbocycles. The SMILES string of the molecule is Nc1nc(N[C@H]2CC[C@H](O)C2)c2ccc(-c3ccn[nH]3)cc2n1. The van der Waals surface area contributed by atoms with Gasteiger partial charge >= 0.3 is 0 Å².